The predicted molar refractivity (Wildman–Crippen MR) is 153 cm³/mol. The van der Waals surface area contributed by atoms with E-state index in [1.165, 1.54) is 0 Å². The molecule has 1 fully saturated rings. The molecular weight excluding hydrogens is 526 g/mol. The molecule has 3 heterocycles. The van der Waals surface area contributed by atoms with Crippen LogP contribution in [-0.4, -0.2) is 46.5 Å². The maximum Gasteiger partial charge on any atom is 0.159 e. The summed E-state index contributed by atoms with van der Waals surface area (Å²) in [5, 5.41) is 1.07. The molecule has 0 radical (unpaired) electrons. The molecule has 5 aromatic rings. The average molecular weight is 552 g/mol. The quantitative estimate of drug-likeness (QED) is 0.237. The number of anilines is 2. The highest BCUT2D eigenvalue weighted by molar-refractivity contribution is 9.10. The van der Waals surface area contributed by atoms with Crippen molar-refractivity contribution < 1.29 is 4.79 Å². The van der Waals surface area contributed by atoms with Crippen molar-refractivity contribution in [1.82, 2.24) is 14.5 Å². The lowest BCUT2D eigenvalue weighted by Crippen LogP contribution is -2.47. The van der Waals surface area contributed by atoms with Crippen LogP contribution in [0.25, 0.3) is 27.8 Å². The fourth-order valence-electron chi connectivity index (χ4n) is 5.00. The van der Waals surface area contributed by atoms with Crippen LogP contribution < -0.4 is 9.80 Å². The van der Waals surface area contributed by atoms with Gasteiger partial charge in [-0.25, -0.2) is 9.97 Å². The lowest BCUT2D eigenvalue weighted by molar-refractivity contribution is 0.101. The summed E-state index contributed by atoms with van der Waals surface area (Å²) in [4.78, 5) is 25.9. The normalized spacial score (nSPS) is 13.8. The Kier molecular flexibility index (Phi) is 6.22. The van der Waals surface area contributed by atoms with E-state index in [-0.39, 0.29) is 5.78 Å². The maximum atomic E-state index is 11.6. The van der Waals surface area contributed by atoms with Crippen LogP contribution in [0.1, 0.15) is 17.3 Å². The van der Waals surface area contributed by atoms with Crippen LogP contribution in [0.3, 0.4) is 0 Å². The molecular formula is C30H26BrN5O. The molecule has 7 heteroatoms. The Labute approximate surface area is 224 Å². The predicted octanol–water partition coefficient (Wildman–Crippen LogP) is 6.38. The highest BCUT2D eigenvalue weighted by Gasteiger charge is 2.24. The van der Waals surface area contributed by atoms with E-state index >= 15 is 0 Å². The van der Waals surface area contributed by atoms with Crippen molar-refractivity contribution in [3.8, 4) is 16.8 Å². The highest BCUT2D eigenvalue weighted by Crippen LogP contribution is 2.37. The molecule has 1 aliphatic rings. The third-order valence-electron chi connectivity index (χ3n) is 6.97. The first-order valence-electron chi connectivity index (χ1n) is 12.4. The summed E-state index contributed by atoms with van der Waals surface area (Å²) in [5.41, 5.74) is 6.10. The van der Waals surface area contributed by atoms with E-state index in [2.05, 4.69) is 72.9 Å². The summed E-state index contributed by atoms with van der Waals surface area (Å²) in [7, 11) is 0. The van der Waals surface area contributed by atoms with E-state index in [1.54, 1.807) is 13.3 Å². The number of fused-ring (bicyclic) bond motifs is 1. The van der Waals surface area contributed by atoms with Gasteiger partial charge in [0.25, 0.3) is 0 Å². The van der Waals surface area contributed by atoms with Gasteiger partial charge in [-0.1, -0.05) is 46.3 Å². The van der Waals surface area contributed by atoms with Gasteiger partial charge < -0.3 is 14.4 Å². The molecule has 0 amide bonds. The number of halogens is 1. The largest absolute Gasteiger partial charge is 0.368 e. The number of piperazine rings is 1. The van der Waals surface area contributed by atoms with Gasteiger partial charge in [0, 0.05) is 59.4 Å². The fraction of sp³-hybridized carbons (Fsp3) is 0.167. The van der Waals surface area contributed by atoms with E-state index in [1.807, 2.05) is 42.5 Å². The van der Waals surface area contributed by atoms with Crippen LogP contribution in [0.4, 0.5) is 11.5 Å². The molecule has 2 aromatic heterocycles. The number of hydrogen-bond donors (Lipinski definition) is 0. The first-order valence-corrected chi connectivity index (χ1v) is 13.2. The molecule has 6 rings (SSSR count). The zero-order valence-electron chi connectivity index (χ0n) is 20.5. The highest BCUT2D eigenvalue weighted by atomic mass is 79.9. The Morgan fingerprint density at radius 1 is 0.784 bits per heavy atom. The smallest absolute Gasteiger partial charge is 0.159 e. The Hall–Kier alpha value is -3.97. The summed E-state index contributed by atoms with van der Waals surface area (Å²) in [6.45, 7) is 5.04. The van der Waals surface area contributed by atoms with Crippen LogP contribution in [-0.2, 0) is 0 Å². The number of carbonyl (C=O) groups is 1. The topological polar surface area (TPSA) is 54.3 Å². The molecule has 0 saturated carbocycles. The number of carbonyl (C=O) groups excluding carboxylic acids is 1. The molecule has 6 nitrogen and oxygen atoms in total. The molecule has 1 saturated heterocycles. The van der Waals surface area contributed by atoms with Crippen LogP contribution >= 0.6 is 15.9 Å². The third kappa shape index (κ3) is 4.51. The third-order valence-corrected chi connectivity index (χ3v) is 7.50. The number of hydrogen-bond acceptors (Lipinski definition) is 5. The standard InChI is InChI=1S/C30H26BrN5O/c1-21(37)22-7-11-25(12-8-22)34-15-17-35(18-16-34)29-28-27(23-5-3-2-4-6-23)19-36(30(28)33-20-32-29)26-13-9-24(31)10-14-26/h2-14,19-20H,15-18H2,1H3. The number of ketones is 1. The molecule has 0 unspecified atom stereocenters. The van der Waals surface area contributed by atoms with Crippen molar-refractivity contribution in [1.29, 1.82) is 0 Å². The van der Waals surface area contributed by atoms with E-state index in [9.17, 15) is 4.79 Å². The first kappa shape index (κ1) is 23.4. The Bertz CT molecular complexity index is 1550. The van der Waals surface area contributed by atoms with Crippen LogP contribution in [0.15, 0.2) is 95.9 Å². The van der Waals surface area contributed by atoms with Crippen molar-refractivity contribution in [3.63, 3.8) is 0 Å². The molecule has 37 heavy (non-hydrogen) atoms. The van der Waals surface area contributed by atoms with Crippen LogP contribution in [0.2, 0.25) is 0 Å². The lowest BCUT2D eigenvalue weighted by Gasteiger charge is -2.37. The van der Waals surface area contributed by atoms with Crippen molar-refractivity contribution in [2.24, 2.45) is 0 Å². The molecule has 0 N–H and O–H groups in total. The van der Waals surface area contributed by atoms with Gasteiger partial charge in [0.1, 0.15) is 12.1 Å². The van der Waals surface area contributed by atoms with Gasteiger partial charge in [-0.05, 0) is 61.0 Å². The molecule has 0 aliphatic carbocycles. The second-order valence-corrected chi connectivity index (χ2v) is 10.1. The Morgan fingerprint density at radius 2 is 1.43 bits per heavy atom. The van der Waals surface area contributed by atoms with Gasteiger partial charge in [-0.3, -0.25) is 4.79 Å². The van der Waals surface area contributed by atoms with Gasteiger partial charge in [-0.15, -0.1) is 0 Å². The van der Waals surface area contributed by atoms with Crippen molar-refractivity contribution in [2.45, 2.75) is 6.92 Å². The number of nitrogens with zero attached hydrogens (tertiary/aromatic N) is 5. The minimum absolute atomic E-state index is 0.0912. The summed E-state index contributed by atoms with van der Waals surface area (Å²) in [6, 6.07) is 26.6. The van der Waals surface area contributed by atoms with Gasteiger partial charge in [0.15, 0.2) is 11.4 Å². The van der Waals surface area contributed by atoms with Crippen molar-refractivity contribution in [3.05, 3.63) is 101 Å². The van der Waals surface area contributed by atoms with Crippen LogP contribution in [0.5, 0.6) is 0 Å². The Balaban J connectivity index is 1.37. The molecule has 3 aromatic carbocycles. The molecule has 0 atom stereocenters. The monoisotopic (exact) mass is 551 g/mol. The second kappa shape index (κ2) is 9.82. The minimum Gasteiger partial charge on any atom is -0.368 e. The SMILES string of the molecule is CC(=O)c1ccc(N2CCN(c3ncnc4c3c(-c3ccccc3)cn4-c3ccc(Br)cc3)CC2)cc1. The summed E-state index contributed by atoms with van der Waals surface area (Å²) in [5.74, 6) is 1.06. The fourth-order valence-corrected chi connectivity index (χ4v) is 5.27. The molecule has 0 bridgehead atoms. The molecule has 184 valence electrons. The first-order chi connectivity index (χ1) is 18.1. The Morgan fingerprint density at radius 3 is 2.11 bits per heavy atom. The summed E-state index contributed by atoms with van der Waals surface area (Å²) < 4.78 is 3.20. The molecule has 0 spiro atoms. The van der Waals surface area contributed by atoms with Crippen LogP contribution in [0, 0.1) is 0 Å². The number of benzene rings is 3. The summed E-state index contributed by atoms with van der Waals surface area (Å²) in [6.07, 6.45) is 3.85. The number of rotatable bonds is 5. The van der Waals surface area contributed by atoms with E-state index in [4.69, 9.17) is 9.97 Å². The minimum atomic E-state index is 0.0912. The number of aromatic nitrogens is 3. The van der Waals surface area contributed by atoms with Gasteiger partial charge >= 0.3 is 0 Å². The maximum absolute atomic E-state index is 11.6. The molecule has 1 aliphatic heterocycles. The van der Waals surface area contributed by atoms with Crippen molar-refractivity contribution >= 4 is 44.3 Å². The second-order valence-electron chi connectivity index (χ2n) is 9.23. The van der Waals surface area contributed by atoms with E-state index < -0.39 is 0 Å². The van der Waals surface area contributed by atoms with Gasteiger partial charge in [0.2, 0.25) is 0 Å². The van der Waals surface area contributed by atoms with E-state index in [0.29, 0.717) is 0 Å². The van der Waals surface area contributed by atoms with Gasteiger partial charge in [0.05, 0.1) is 5.39 Å². The van der Waals surface area contributed by atoms with Crippen molar-refractivity contribution in [2.75, 3.05) is 36.0 Å². The van der Waals surface area contributed by atoms with E-state index in [0.717, 1.165) is 75.6 Å². The zero-order valence-corrected chi connectivity index (χ0v) is 22.1. The number of Topliss-reactive ketones (excluding diaryl/α,β-unsaturated/α-hetero) is 1. The van der Waals surface area contributed by atoms with Gasteiger partial charge in [-0.2, -0.15) is 0 Å². The zero-order chi connectivity index (χ0) is 25.4. The lowest BCUT2D eigenvalue weighted by atomic mass is 10.1. The average Bonchev–Trinajstić information content (AvgIpc) is 3.34. The summed E-state index contributed by atoms with van der Waals surface area (Å²) >= 11 is 3.54.